The number of anilines is 2. The number of carbonyl (C=O) groups is 1. The number of rotatable bonds is 4. The van der Waals surface area contributed by atoms with Crippen molar-refractivity contribution >= 4 is 28.5 Å². The summed E-state index contributed by atoms with van der Waals surface area (Å²) in [6, 6.07) is 9.36. The minimum absolute atomic E-state index is 0.146. The lowest BCUT2D eigenvalue weighted by atomic mass is 10.1. The molecule has 1 aliphatic heterocycles. The molecule has 1 N–H and O–H groups in total. The second-order valence-electron chi connectivity index (χ2n) is 6.55. The minimum Gasteiger partial charge on any atom is -0.486 e. The van der Waals surface area contributed by atoms with E-state index in [4.69, 9.17) is 14.2 Å². The Morgan fingerprint density at radius 1 is 1.04 bits per heavy atom. The first-order valence-corrected chi connectivity index (χ1v) is 9.18. The Morgan fingerprint density at radius 3 is 2.43 bits per heavy atom. The van der Waals surface area contributed by atoms with Crippen LogP contribution in [0.3, 0.4) is 0 Å². The van der Waals surface area contributed by atoms with Crippen LogP contribution >= 0.6 is 0 Å². The SMILES string of the molecule is CCOC(=O)c1nc2cc(C)c(C)cc2nc1Nc1ccc2c(c1)OCCO2. The van der Waals surface area contributed by atoms with Gasteiger partial charge < -0.3 is 19.5 Å². The second kappa shape index (κ2) is 7.34. The Labute approximate surface area is 162 Å². The number of hydrogen-bond acceptors (Lipinski definition) is 7. The van der Waals surface area contributed by atoms with Gasteiger partial charge in [-0.1, -0.05) is 0 Å². The van der Waals surface area contributed by atoms with E-state index < -0.39 is 5.97 Å². The number of esters is 1. The topological polar surface area (TPSA) is 82.6 Å². The molecule has 0 unspecified atom stereocenters. The Bertz CT molecular complexity index is 1070. The maximum atomic E-state index is 12.5. The molecule has 0 spiro atoms. The molecule has 0 bridgehead atoms. The Hall–Kier alpha value is -3.35. The number of aryl methyl sites for hydroxylation is 2. The highest BCUT2D eigenvalue weighted by Crippen LogP contribution is 2.34. The smallest absolute Gasteiger partial charge is 0.360 e. The number of aromatic nitrogens is 2. The molecule has 2 aromatic carbocycles. The molecule has 4 rings (SSSR count). The summed E-state index contributed by atoms with van der Waals surface area (Å²) in [5.74, 6) is 1.16. The standard InChI is InChI=1S/C21H21N3O4/c1-4-26-21(25)19-20(24-16-10-13(3)12(2)9-15(16)23-19)22-14-5-6-17-18(11-14)28-8-7-27-17/h5-6,9-11H,4,7-8H2,1-3H3,(H,22,24). The molecule has 7 heteroatoms. The quantitative estimate of drug-likeness (QED) is 0.688. The molecule has 3 aromatic rings. The molecule has 0 radical (unpaired) electrons. The van der Waals surface area contributed by atoms with Crippen molar-refractivity contribution in [3.8, 4) is 11.5 Å². The summed E-state index contributed by atoms with van der Waals surface area (Å²) in [5, 5.41) is 3.18. The molecule has 0 saturated carbocycles. The first kappa shape index (κ1) is 18.0. The molecule has 2 heterocycles. The van der Waals surface area contributed by atoms with Gasteiger partial charge in [-0.3, -0.25) is 0 Å². The third kappa shape index (κ3) is 3.43. The van der Waals surface area contributed by atoms with Gasteiger partial charge in [0.05, 0.1) is 17.6 Å². The summed E-state index contributed by atoms with van der Waals surface area (Å²) >= 11 is 0. The average molecular weight is 379 g/mol. The van der Waals surface area contributed by atoms with Gasteiger partial charge in [0.25, 0.3) is 0 Å². The number of benzene rings is 2. The number of fused-ring (bicyclic) bond motifs is 2. The monoisotopic (exact) mass is 379 g/mol. The fourth-order valence-electron chi connectivity index (χ4n) is 3.00. The van der Waals surface area contributed by atoms with Crippen molar-refractivity contribution in [2.45, 2.75) is 20.8 Å². The molecule has 1 aliphatic rings. The highest BCUT2D eigenvalue weighted by molar-refractivity contribution is 5.96. The van der Waals surface area contributed by atoms with Gasteiger partial charge in [0.2, 0.25) is 0 Å². The lowest BCUT2D eigenvalue weighted by Crippen LogP contribution is -2.15. The van der Waals surface area contributed by atoms with E-state index in [1.165, 1.54) is 0 Å². The Kier molecular flexibility index (Phi) is 4.73. The van der Waals surface area contributed by atoms with Crippen molar-refractivity contribution in [2.75, 3.05) is 25.1 Å². The predicted molar refractivity (Wildman–Crippen MR) is 106 cm³/mol. The van der Waals surface area contributed by atoms with Crippen LogP contribution in [-0.4, -0.2) is 35.8 Å². The normalized spacial score (nSPS) is 12.7. The van der Waals surface area contributed by atoms with Crippen molar-refractivity contribution in [1.82, 2.24) is 9.97 Å². The van der Waals surface area contributed by atoms with Crippen molar-refractivity contribution < 1.29 is 19.0 Å². The number of ether oxygens (including phenoxy) is 3. The molecule has 28 heavy (non-hydrogen) atoms. The maximum Gasteiger partial charge on any atom is 0.360 e. The van der Waals surface area contributed by atoms with Gasteiger partial charge in [0.15, 0.2) is 23.0 Å². The zero-order valence-corrected chi connectivity index (χ0v) is 16.0. The molecular weight excluding hydrogens is 358 g/mol. The Morgan fingerprint density at radius 2 is 1.71 bits per heavy atom. The number of nitrogens with one attached hydrogen (secondary N) is 1. The fourth-order valence-corrected chi connectivity index (χ4v) is 3.00. The summed E-state index contributed by atoms with van der Waals surface area (Å²) in [6.45, 7) is 7.06. The van der Waals surface area contributed by atoms with Crippen LogP contribution in [-0.2, 0) is 4.74 Å². The van der Waals surface area contributed by atoms with Gasteiger partial charge in [-0.25, -0.2) is 14.8 Å². The predicted octanol–water partition coefficient (Wildman–Crippen LogP) is 3.94. The molecule has 0 fully saturated rings. The first-order chi connectivity index (χ1) is 13.5. The summed E-state index contributed by atoms with van der Waals surface area (Å²) in [7, 11) is 0. The highest BCUT2D eigenvalue weighted by atomic mass is 16.6. The van der Waals surface area contributed by atoms with Gasteiger partial charge >= 0.3 is 5.97 Å². The second-order valence-corrected chi connectivity index (χ2v) is 6.55. The van der Waals surface area contributed by atoms with E-state index in [1.807, 2.05) is 44.2 Å². The Balaban J connectivity index is 1.78. The van der Waals surface area contributed by atoms with Crippen LogP contribution < -0.4 is 14.8 Å². The van der Waals surface area contributed by atoms with E-state index in [-0.39, 0.29) is 12.3 Å². The molecule has 1 aromatic heterocycles. The molecule has 7 nitrogen and oxygen atoms in total. The average Bonchev–Trinajstić information content (AvgIpc) is 2.69. The molecular formula is C21H21N3O4. The fraction of sp³-hybridized carbons (Fsp3) is 0.286. The van der Waals surface area contributed by atoms with Crippen LogP contribution in [0.1, 0.15) is 28.5 Å². The van der Waals surface area contributed by atoms with Crippen LogP contribution in [0, 0.1) is 13.8 Å². The first-order valence-electron chi connectivity index (χ1n) is 9.18. The summed E-state index contributed by atoms with van der Waals surface area (Å²) in [6.07, 6.45) is 0. The van der Waals surface area contributed by atoms with E-state index in [1.54, 1.807) is 6.92 Å². The maximum absolute atomic E-state index is 12.5. The summed E-state index contributed by atoms with van der Waals surface area (Å²) in [4.78, 5) is 21.6. The lowest BCUT2D eigenvalue weighted by molar-refractivity contribution is 0.0521. The number of hydrogen-bond donors (Lipinski definition) is 1. The van der Waals surface area contributed by atoms with Crippen LogP contribution in [0.15, 0.2) is 30.3 Å². The molecule has 144 valence electrons. The third-order valence-corrected chi connectivity index (χ3v) is 4.55. The van der Waals surface area contributed by atoms with Crippen LogP contribution in [0.4, 0.5) is 11.5 Å². The van der Waals surface area contributed by atoms with Gasteiger partial charge in [0.1, 0.15) is 13.2 Å². The van der Waals surface area contributed by atoms with E-state index in [0.29, 0.717) is 47.3 Å². The largest absolute Gasteiger partial charge is 0.486 e. The van der Waals surface area contributed by atoms with Gasteiger partial charge in [-0.2, -0.15) is 0 Å². The van der Waals surface area contributed by atoms with Crippen LogP contribution in [0.2, 0.25) is 0 Å². The summed E-state index contributed by atoms with van der Waals surface area (Å²) in [5.41, 5.74) is 4.41. The summed E-state index contributed by atoms with van der Waals surface area (Å²) < 4.78 is 16.3. The third-order valence-electron chi connectivity index (χ3n) is 4.55. The van der Waals surface area contributed by atoms with Crippen molar-refractivity contribution in [3.63, 3.8) is 0 Å². The lowest BCUT2D eigenvalue weighted by Gasteiger charge is -2.19. The number of carbonyl (C=O) groups excluding carboxylic acids is 1. The molecule has 0 aliphatic carbocycles. The molecule has 0 amide bonds. The molecule has 0 saturated heterocycles. The van der Waals surface area contributed by atoms with Crippen molar-refractivity contribution in [3.05, 3.63) is 47.2 Å². The molecule has 0 atom stereocenters. The van der Waals surface area contributed by atoms with E-state index in [9.17, 15) is 4.79 Å². The zero-order chi connectivity index (χ0) is 19.7. The van der Waals surface area contributed by atoms with Gasteiger partial charge in [0, 0.05) is 11.8 Å². The number of nitrogens with zero attached hydrogens (tertiary/aromatic N) is 2. The van der Waals surface area contributed by atoms with Crippen LogP contribution in [0.5, 0.6) is 11.5 Å². The zero-order valence-electron chi connectivity index (χ0n) is 16.0. The van der Waals surface area contributed by atoms with Crippen LogP contribution in [0.25, 0.3) is 11.0 Å². The van der Waals surface area contributed by atoms with Gasteiger partial charge in [-0.15, -0.1) is 0 Å². The highest BCUT2D eigenvalue weighted by Gasteiger charge is 2.19. The van der Waals surface area contributed by atoms with E-state index in [2.05, 4.69) is 15.3 Å². The van der Waals surface area contributed by atoms with Crippen molar-refractivity contribution in [1.29, 1.82) is 0 Å². The van der Waals surface area contributed by atoms with Crippen molar-refractivity contribution in [2.24, 2.45) is 0 Å². The van der Waals surface area contributed by atoms with E-state index >= 15 is 0 Å². The van der Waals surface area contributed by atoms with Gasteiger partial charge in [-0.05, 0) is 56.2 Å². The minimum atomic E-state index is -0.518. The van der Waals surface area contributed by atoms with E-state index in [0.717, 1.165) is 11.1 Å².